The first kappa shape index (κ1) is 19.2. The van der Waals surface area contributed by atoms with Crippen molar-refractivity contribution in [3.8, 4) is 44.9 Å². The largest absolute Gasteiger partial charge is 0.453 e. The molecule has 0 saturated heterocycles. The van der Waals surface area contributed by atoms with E-state index in [0.29, 0.717) is 22.6 Å². The Bertz CT molecular complexity index is 1230. The number of hydrogen-bond acceptors (Lipinski definition) is 2. The van der Waals surface area contributed by atoms with Gasteiger partial charge in [0.05, 0.1) is 5.56 Å². The molecule has 5 heteroatoms. The van der Waals surface area contributed by atoms with E-state index < -0.39 is 11.7 Å². The lowest BCUT2D eigenvalue weighted by Crippen LogP contribution is -2.07. The molecule has 4 aromatic rings. The van der Waals surface area contributed by atoms with Crippen molar-refractivity contribution in [1.29, 1.82) is 0 Å². The monoisotopic (exact) mass is 418 g/mol. The van der Waals surface area contributed by atoms with E-state index in [-0.39, 0.29) is 12.4 Å². The van der Waals surface area contributed by atoms with Crippen molar-refractivity contribution in [2.75, 3.05) is 6.79 Å². The Labute approximate surface area is 177 Å². The molecule has 154 valence electrons. The lowest BCUT2D eigenvalue weighted by Gasteiger charge is -2.20. The van der Waals surface area contributed by atoms with E-state index in [1.54, 1.807) is 6.07 Å². The van der Waals surface area contributed by atoms with Gasteiger partial charge >= 0.3 is 6.18 Å². The van der Waals surface area contributed by atoms with Crippen LogP contribution in [0.15, 0.2) is 91.0 Å². The molecule has 1 aliphatic heterocycles. The highest BCUT2D eigenvalue weighted by Crippen LogP contribution is 2.53. The van der Waals surface area contributed by atoms with E-state index >= 15 is 0 Å². The summed E-state index contributed by atoms with van der Waals surface area (Å²) in [6.45, 7) is -0.0470. The third kappa shape index (κ3) is 3.42. The van der Waals surface area contributed by atoms with Crippen LogP contribution in [0.3, 0.4) is 0 Å². The molecule has 0 amide bonds. The zero-order valence-corrected chi connectivity index (χ0v) is 16.3. The molecule has 2 nitrogen and oxygen atoms in total. The molecule has 0 spiro atoms. The average molecular weight is 418 g/mol. The molecule has 0 saturated carbocycles. The van der Waals surface area contributed by atoms with Crippen LogP contribution in [-0.4, -0.2) is 6.79 Å². The Hall–Kier alpha value is -3.73. The molecule has 0 bridgehead atoms. The van der Waals surface area contributed by atoms with Gasteiger partial charge in [-0.05, 0) is 34.4 Å². The summed E-state index contributed by atoms with van der Waals surface area (Å²) in [6, 6.07) is 26.4. The number of benzene rings is 4. The van der Waals surface area contributed by atoms with Crippen LogP contribution in [0.5, 0.6) is 11.5 Å². The molecule has 0 aromatic heterocycles. The average Bonchev–Trinajstić information content (AvgIpc) is 3.28. The highest BCUT2D eigenvalue weighted by Gasteiger charge is 2.36. The molecule has 31 heavy (non-hydrogen) atoms. The van der Waals surface area contributed by atoms with Crippen LogP contribution in [0, 0.1) is 0 Å². The number of alkyl halides is 3. The number of ether oxygens (including phenoxy) is 2. The number of fused-ring (bicyclic) bond motifs is 1. The topological polar surface area (TPSA) is 18.5 Å². The van der Waals surface area contributed by atoms with Gasteiger partial charge in [-0.25, -0.2) is 0 Å². The molecule has 0 aliphatic carbocycles. The Morgan fingerprint density at radius 2 is 1.13 bits per heavy atom. The van der Waals surface area contributed by atoms with E-state index in [9.17, 15) is 13.2 Å². The van der Waals surface area contributed by atoms with E-state index in [4.69, 9.17) is 9.47 Å². The molecular weight excluding hydrogens is 401 g/mol. The van der Waals surface area contributed by atoms with Crippen LogP contribution in [0.1, 0.15) is 5.56 Å². The Morgan fingerprint density at radius 1 is 0.581 bits per heavy atom. The summed E-state index contributed by atoms with van der Waals surface area (Å²) >= 11 is 0. The molecule has 0 unspecified atom stereocenters. The Balaban J connectivity index is 1.88. The molecule has 1 aliphatic rings. The van der Waals surface area contributed by atoms with Gasteiger partial charge in [0, 0.05) is 11.1 Å². The van der Waals surface area contributed by atoms with Gasteiger partial charge in [0.15, 0.2) is 11.5 Å². The first-order valence-electron chi connectivity index (χ1n) is 9.78. The predicted molar refractivity (Wildman–Crippen MR) is 114 cm³/mol. The summed E-state index contributed by atoms with van der Waals surface area (Å²) in [5.74, 6) is 0.787. The first-order chi connectivity index (χ1) is 15.0. The maximum Gasteiger partial charge on any atom is 0.417 e. The van der Waals surface area contributed by atoms with Crippen molar-refractivity contribution < 1.29 is 22.6 Å². The number of rotatable bonds is 3. The van der Waals surface area contributed by atoms with Crippen LogP contribution in [-0.2, 0) is 6.18 Å². The third-order valence-electron chi connectivity index (χ3n) is 5.31. The van der Waals surface area contributed by atoms with E-state index in [1.165, 1.54) is 12.1 Å². The van der Waals surface area contributed by atoms with Crippen molar-refractivity contribution >= 4 is 0 Å². The minimum Gasteiger partial charge on any atom is -0.453 e. The third-order valence-corrected chi connectivity index (χ3v) is 5.31. The van der Waals surface area contributed by atoms with Crippen LogP contribution in [0.4, 0.5) is 13.2 Å². The highest BCUT2D eigenvalue weighted by molar-refractivity contribution is 5.96. The van der Waals surface area contributed by atoms with Gasteiger partial charge in [0.25, 0.3) is 0 Å². The van der Waals surface area contributed by atoms with Gasteiger partial charge < -0.3 is 9.47 Å². The summed E-state index contributed by atoms with van der Waals surface area (Å²) in [4.78, 5) is 0. The molecule has 5 rings (SSSR count). The van der Waals surface area contributed by atoms with Crippen LogP contribution in [0.2, 0.25) is 0 Å². The summed E-state index contributed by atoms with van der Waals surface area (Å²) in [7, 11) is 0. The highest BCUT2D eigenvalue weighted by atomic mass is 19.4. The summed E-state index contributed by atoms with van der Waals surface area (Å²) < 4.78 is 53.2. The van der Waals surface area contributed by atoms with Crippen LogP contribution >= 0.6 is 0 Å². The standard InChI is InChI=1S/C26H17F3O2/c27-26(28,29)22-14-8-7-13-19(22)23-20(17-9-3-1-4-10-17)15-21(18-11-5-2-6-12-18)24-25(23)31-16-30-24/h1-15H,16H2. The van der Waals surface area contributed by atoms with Crippen LogP contribution < -0.4 is 9.47 Å². The number of hydrogen-bond donors (Lipinski definition) is 0. The first-order valence-corrected chi connectivity index (χ1v) is 9.78. The lowest BCUT2D eigenvalue weighted by molar-refractivity contribution is -0.137. The normalized spacial score (nSPS) is 12.7. The minimum absolute atomic E-state index is 0.0470. The molecule has 0 fully saturated rings. The quantitative estimate of drug-likeness (QED) is 0.344. The fourth-order valence-corrected chi connectivity index (χ4v) is 3.96. The summed E-state index contributed by atoms with van der Waals surface area (Å²) in [5, 5.41) is 0. The SMILES string of the molecule is FC(F)(F)c1ccccc1-c1c(-c2ccccc2)cc(-c2ccccc2)c2c1OCO2. The maximum absolute atomic E-state index is 13.9. The van der Waals surface area contributed by atoms with Gasteiger partial charge in [0.1, 0.15) is 0 Å². The predicted octanol–water partition coefficient (Wildman–Crippen LogP) is 7.44. The van der Waals surface area contributed by atoms with Crippen molar-refractivity contribution in [1.82, 2.24) is 0 Å². The van der Waals surface area contributed by atoms with Gasteiger partial charge in [0.2, 0.25) is 6.79 Å². The van der Waals surface area contributed by atoms with Gasteiger partial charge in [-0.1, -0.05) is 78.9 Å². The molecule has 0 N–H and O–H groups in total. The zero-order valence-electron chi connectivity index (χ0n) is 16.3. The second kappa shape index (κ2) is 7.51. The smallest absolute Gasteiger partial charge is 0.417 e. The lowest BCUT2D eigenvalue weighted by atomic mass is 9.87. The van der Waals surface area contributed by atoms with Gasteiger partial charge in [-0.3, -0.25) is 0 Å². The second-order valence-corrected chi connectivity index (χ2v) is 7.19. The van der Waals surface area contributed by atoms with Gasteiger partial charge in [-0.15, -0.1) is 0 Å². The van der Waals surface area contributed by atoms with Crippen molar-refractivity contribution in [2.45, 2.75) is 6.18 Å². The molecular formula is C26H17F3O2. The maximum atomic E-state index is 13.9. The van der Waals surface area contributed by atoms with Crippen LogP contribution in [0.25, 0.3) is 33.4 Å². The molecule has 0 atom stereocenters. The molecule has 1 heterocycles. The molecule has 0 radical (unpaired) electrons. The van der Waals surface area contributed by atoms with E-state index in [0.717, 1.165) is 22.8 Å². The summed E-state index contributed by atoms with van der Waals surface area (Å²) in [5.41, 5.74) is 2.86. The molecule has 4 aromatic carbocycles. The van der Waals surface area contributed by atoms with Crippen molar-refractivity contribution in [2.24, 2.45) is 0 Å². The Morgan fingerprint density at radius 3 is 1.77 bits per heavy atom. The van der Waals surface area contributed by atoms with Crippen molar-refractivity contribution in [3.63, 3.8) is 0 Å². The summed E-state index contributed by atoms with van der Waals surface area (Å²) in [6.07, 6.45) is -4.50. The van der Waals surface area contributed by atoms with E-state index in [1.807, 2.05) is 66.7 Å². The second-order valence-electron chi connectivity index (χ2n) is 7.19. The fourth-order valence-electron chi connectivity index (χ4n) is 3.96. The van der Waals surface area contributed by atoms with Crippen molar-refractivity contribution in [3.05, 3.63) is 96.6 Å². The zero-order chi connectivity index (χ0) is 21.4. The minimum atomic E-state index is -4.50. The fraction of sp³-hybridized carbons (Fsp3) is 0.0769. The van der Waals surface area contributed by atoms with Gasteiger partial charge in [-0.2, -0.15) is 13.2 Å². The Kier molecular flexibility index (Phi) is 4.66. The number of halogens is 3. The van der Waals surface area contributed by atoms with E-state index in [2.05, 4.69) is 0 Å².